The summed E-state index contributed by atoms with van der Waals surface area (Å²) in [7, 11) is 0. The Morgan fingerprint density at radius 2 is 2.50 bits per heavy atom. The zero-order chi connectivity index (χ0) is 8.65. The van der Waals surface area contributed by atoms with Gasteiger partial charge in [0, 0.05) is 11.5 Å². The van der Waals surface area contributed by atoms with Crippen LogP contribution in [0.3, 0.4) is 0 Å². The maximum atomic E-state index is 4.37. The Balaban J connectivity index is 1.98. The van der Waals surface area contributed by atoms with Crippen LogP contribution in [0.2, 0.25) is 0 Å². The predicted molar refractivity (Wildman–Crippen MR) is 61.3 cm³/mol. The Labute approximate surface area is 83.1 Å². The molecule has 0 saturated heterocycles. The monoisotopic (exact) mass is 201 g/mol. The van der Waals surface area contributed by atoms with Crippen molar-refractivity contribution in [2.45, 2.75) is 19.8 Å². The first-order valence-electron chi connectivity index (χ1n) is 4.38. The SMILES string of the molecule is CC/C=C/CCSC1=NCCS1. The fraction of sp³-hybridized carbons (Fsp3) is 0.667. The Morgan fingerprint density at radius 1 is 1.58 bits per heavy atom. The van der Waals surface area contributed by atoms with Crippen LogP contribution in [0.25, 0.3) is 0 Å². The molecule has 0 aromatic rings. The summed E-state index contributed by atoms with van der Waals surface area (Å²) in [5.41, 5.74) is 0. The molecular weight excluding hydrogens is 186 g/mol. The summed E-state index contributed by atoms with van der Waals surface area (Å²) < 4.78 is 1.29. The quantitative estimate of drug-likeness (QED) is 0.511. The molecule has 0 radical (unpaired) electrons. The van der Waals surface area contributed by atoms with Gasteiger partial charge in [-0.25, -0.2) is 0 Å². The molecule has 68 valence electrons. The third kappa shape index (κ3) is 4.21. The highest BCUT2D eigenvalue weighted by atomic mass is 32.2. The van der Waals surface area contributed by atoms with E-state index in [1.54, 1.807) is 0 Å². The van der Waals surface area contributed by atoms with Crippen LogP contribution in [0.5, 0.6) is 0 Å². The van der Waals surface area contributed by atoms with Crippen LogP contribution in [0.4, 0.5) is 0 Å². The molecule has 3 heteroatoms. The number of thioether (sulfide) groups is 2. The van der Waals surface area contributed by atoms with E-state index in [-0.39, 0.29) is 0 Å². The lowest BCUT2D eigenvalue weighted by Crippen LogP contribution is -1.82. The molecule has 12 heavy (non-hydrogen) atoms. The second kappa shape index (κ2) is 6.61. The summed E-state index contributed by atoms with van der Waals surface area (Å²) in [5.74, 6) is 2.37. The number of rotatable bonds is 4. The van der Waals surface area contributed by atoms with Gasteiger partial charge in [-0.05, 0) is 12.8 Å². The van der Waals surface area contributed by atoms with Crippen molar-refractivity contribution in [1.29, 1.82) is 0 Å². The van der Waals surface area contributed by atoms with Crippen molar-refractivity contribution < 1.29 is 0 Å². The molecule has 0 unspecified atom stereocenters. The van der Waals surface area contributed by atoms with Crippen molar-refractivity contribution in [1.82, 2.24) is 0 Å². The normalized spacial score (nSPS) is 17.2. The third-order valence-corrected chi connectivity index (χ3v) is 3.76. The van der Waals surface area contributed by atoms with E-state index in [1.165, 1.54) is 22.3 Å². The van der Waals surface area contributed by atoms with Gasteiger partial charge in [-0.15, -0.1) is 0 Å². The largest absolute Gasteiger partial charge is 0.271 e. The molecule has 1 heterocycles. The topological polar surface area (TPSA) is 12.4 Å². The van der Waals surface area contributed by atoms with E-state index < -0.39 is 0 Å². The first-order valence-corrected chi connectivity index (χ1v) is 6.35. The van der Waals surface area contributed by atoms with Gasteiger partial charge in [-0.1, -0.05) is 42.6 Å². The van der Waals surface area contributed by atoms with Gasteiger partial charge in [-0.3, -0.25) is 4.99 Å². The number of hydrogen-bond acceptors (Lipinski definition) is 3. The number of aliphatic imine (C=N–C) groups is 1. The molecular formula is C9H15NS2. The van der Waals surface area contributed by atoms with Gasteiger partial charge >= 0.3 is 0 Å². The van der Waals surface area contributed by atoms with Crippen molar-refractivity contribution in [3.8, 4) is 0 Å². The van der Waals surface area contributed by atoms with Crippen LogP contribution in [-0.2, 0) is 0 Å². The molecule has 0 aromatic heterocycles. The molecule has 1 aliphatic rings. The Hall–Kier alpha value is 0.110. The van der Waals surface area contributed by atoms with E-state index in [0.717, 1.165) is 13.0 Å². The van der Waals surface area contributed by atoms with Crippen molar-refractivity contribution in [3.63, 3.8) is 0 Å². The second-order valence-electron chi connectivity index (χ2n) is 2.51. The zero-order valence-corrected chi connectivity index (χ0v) is 9.09. The fourth-order valence-corrected chi connectivity index (χ4v) is 2.89. The lowest BCUT2D eigenvalue weighted by Gasteiger charge is -1.95. The second-order valence-corrected chi connectivity index (χ2v) is 4.94. The van der Waals surface area contributed by atoms with Crippen LogP contribution in [-0.4, -0.2) is 22.4 Å². The summed E-state index contributed by atoms with van der Waals surface area (Å²) >= 11 is 3.79. The van der Waals surface area contributed by atoms with Crippen molar-refractivity contribution >= 4 is 27.9 Å². The minimum atomic E-state index is 1.03. The number of hydrogen-bond donors (Lipinski definition) is 0. The number of nitrogens with zero attached hydrogens (tertiary/aromatic N) is 1. The molecule has 0 bridgehead atoms. The summed E-state index contributed by atoms with van der Waals surface area (Å²) in [6.45, 7) is 3.19. The Morgan fingerprint density at radius 3 is 3.17 bits per heavy atom. The molecule has 0 spiro atoms. The predicted octanol–water partition coefficient (Wildman–Crippen LogP) is 3.18. The van der Waals surface area contributed by atoms with Gasteiger partial charge in [0.15, 0.2) is 0 Å². The third-order valence-electron chi connectivity index (χ3n) is 1.47. The minimum Gasteiger partial charge on any atom is -0.271 e. The molecule has 0 aromatic carbocycles. The average molecular weight is 201 g/mol. The zero-order valence-electron chi connectivity index (χ0n) is 7.45. The molecule has 1 aliphatic heterocycles. The first-order chi connectivity index (χ1) is 5.93. The van der Waals surface area contributed by atoms with Crippen LogP contribution >= 0.6 is 23.5 Å². The van der Waals surface area contributed by atoms with Crippen LogP contribution in [0, 0.1) is 0 Å². The maximum Gasteiger partial charge on any atom is 0.124 e. The van der Waals surface area contributed by atoms with E-state index in [9.17, 15) is 0 Å². The molecule has 0 fully saturated rings. The van der Waals surface area contributed by atoms with Gasteiger partial charge in [0.2, 0.25) is 0 Å². The van der Waals surface area contributed by atoms with Crippen LogP contribution in [0.1, 0.15) is 19.8 Å². The molecule has 1 nitrogen and oxygen atoms in total. The van der Waals surface area contributed by atoms with Gasteiger partial charge in [0.1, 0.15) is 4.38 Å². The minimum absolute atomic E-state index is 1.03. The first kappa shape index (κ1) is 10.2. The summed E-state index contributed by atoms with van der Waals surface area (Å²) in [4.78, 5) is 4.37. The molecule has 0 aliphatic carbocycles. The van der Waals surface area contributed by atoms with Gasteiger partial charge < -0.3 is 0 Å². The van der Waals surface area contributed by atoms with Gasteiger partial charge in [-0.2, -0.15) is 0 Å². The maximum absolute atomic E-state index is 4.37. The highest BCUT2D eigenvalue weighted by Crippen LogP contribution is 2.22. The van der Waals surface area contributed by atoms with Crippen molar-refractivity contribution in [3.05, 3.63) is 12.2 Å². The highest BCUT2D eigenvalue weighted by molar-refractivity contribution is 8.39. The van der Waals surface area contributed by atoms with Gasteiger partial charge in [0.25, 0.3) is 0 Å². The van der Waals surface area contributed by atoms with E-state index >= 15 is 0 Å². The Bertz CT molecular complexity index is 175. The Kier molecular flexibility index (Phi) is 5.61. The van der Waals surface area contributed by atoms with Gasteiger partial charge in [0.05, 0.1) is 6.54 Å². The summed E-state index contributed by atoms with van der Waals surface area (Å²) in [6, 6.07) is 0. The average Bonchev–Trinajstić information content (AvgIpc) is 2.57. The highest BCUT2D eigenvalue weighted by Gasteiger charge is 2.05. The smallest absolute Gasteiger partial charge is 0.124 e. The summed E-state index contributed by atoms with van der Waals surface area (Å²) in [6.07, 6.45) is 6.82. The van der Waals surface area contributed by atoms with Crippen LogP contribution in [0.15, 0.2) is 17.1 Å². The molecule has 0 saturated carbocycles. The summed E-state index contributed by atoms with van der Waals surface area (Å²) in [5, 5.41) is 0. The lowest BCUT2D eigenvalue weighted by molar-refractivity contribution is 1.17. The fourth-order valence-electron chi connectivity index (χ4n) is 0.902. The molecule has 0 atom stereocenters. The molecule has 1 rings (SSSR count). The van der Waals surface area contributed by atoms with E-state index in [2.05, 4.69) is 24.1 Å². The van der Waals surface area contributed by atoms with Crippen molar-refractivity contribution in [2.24, 2.45) is 4.99 Å². The van der Waals surface area contributed by atoms with Crippen LogP contribution < -0.4 is 0 Å². The molecule has 0 N–H and O–H groups in total. The lowest BCUT2D eigenvalue weighted by atomic mass is 10.4. The molecule has 0 amide bonds. The number of allylic oxidation sites excluding steroid dienone is 2. The standard InChI is InChI=1S/C9H15NS2/c1-2-3-4-5-7-11-9-10-6-8-12-9/h3-4H,2,5-8H2,1H3/b4-3+. The van der Waals surface area contributed by atoms with Crippen molar-refractivity contribution in [2.75, 3.05) is 18.1 Å². The van der Waals surface area contributed by atoms with E-state index in [1.807, 2.05) is 23.5 Å². The van der Waals surface area contributed by atoms with E-state index in [0.29, 0.717) is 0 Å². The van der Waals surface area contributed by atoms with E-state index in [4.69, 9.17) is 0 Å².